The van der Waals surface area contributed by atoms with Gasteiger partial charge in [0, 0.05) is 0 Å². The van der Waals surface area contributed by atoms with Crippen LogP contribution in [0, 0.1) is 0 Å². The molecule has 3 aliphatic heterocycles. The molecule has 0 nitrogen and oxygen atoms in total. The van der Waals surface area contributed by atoms with Crippen molar-refractivity contribution in [1.82, 2.24) is 0 Å². The van der Waals surface area contributed by atoms with E-state index in [9.17, 15) is 0 Å². The normalized spacial score (nSPS) is 77.5. The molecule has 0 aliphatic carbocycles. The van der Waals surface area contributed by atoms with Crippen molar-refractivity contribution in [2.75, 3.05) is 0 Å². The molecule has 0 N–H and O–H groups in total. The number of hydrogen-bond donors (Lipinski definition) is 0. The van der Waals surface area contributed by atoms with E-state index in [1.165, 1.54) is 0 Å². The van der Waals surface area contributed by atoms with E-state index >= 15 is 0 Å². The minimum atomic E-state index is -1.04. The van der Waals surface area contributed by atoms with Gasteiger partial charge in [0.25, 0.3) is 0 Å². The molecule has 1 radical (unpaired) electrons. The topological polar surface area (TPSA) is 0 Å². The van der Waals surface area contributed by atoms with Crippen LogP contribution in [-0.4, -0.2) is 9.46 Å². The molecule has 3 saturated heterocycles. The summed E-state index contributed by atoms with van der Waals surface area (Å²) >= 11 is 0. The zero-order chi connectivity index (χ0) is 4.07. The average Bonchev–Trinajstić information content (AvgIpc) is 1.71. The van der Waals surface area contributed by atoms with Crippen molar-refractivity contribution in [3.63, 3.8) is 0 Å². The Bertz CT molecular complexity index is 186. The molecule has 0 unspecified atom stereocenters. The Hall–Kier alpha value is 1.46. The summed E-state index contributed by atoms with van der Waals surface area (Å²) in [5.74, 6) is 0. The maximum atomic E-state index is 5.84. The van der Waals surface area contributed by atoms with E-state index in [1.54, 1.807) is 0 Å². The quantitative estimate of drug-likeness (QED) is 0.295. The van der Waals surface area contributed by atoms with Crippen LogP contribution in [-0.2, 0) is 0 Å². The van der Waals surface area contributed by atoms with Crippen LogP contribution >= 0.6 is 38.1 Å². The number of hydrogen-bond acceptors (Lipinski definition) is 3. The first-order valence-corrected chi connectivity index (χ1v) is 7.66. The van der Waals surface area contributed by atoms with Crippen molar-refractivity contribution >= 4 is 44.8 Å². The maximum absolute atomic E-state index is 5.84. The number of rotatable bonds is 0. The van der Waals surface area contributed by atoms with Crippen molar-refractivity contribution < 1.29 is 0 Å². The van der Waals surface area contributed by atoms with Crippen LogP contribution in [0.1, 0.15) is 0 Å². The predicted octanol–water partition coefficient (Wildman–Crippen LogP) is 2.01. The Labute approximate surface area is 47.5 Å². The van der Waals surface area contributed by atoms with Crippen LogP contribution in [0.15, 0.2) is 0 Å². The predicted molar refractivity (Wildman–Crippen MR) is 38.8 cm³/mol. The van der Waals surface area contributed by atoms with Gasteiger partial charge in [0.2, 0.25) is 0 Å². The van der Waals surface area contributed by atoms with Gasteiger partial charge >= 0.3 is 47.5 Å². The van der Waals surface area contributed by atoms with Crippen molar-refractivity contribution in [1.29, 1.82) is 0 Å². The fraction of sp³-hybridized carbons (Fsp3) is 1.00. The molecule has 3 rings (SSSR count). The third-order valence-electron chi connectivity index (χ3n) is 1.15. The van der Waals surface area contributed by atoms with Gasteiger partial charge in [-0.05, 0) is 0 Å². The second kappa shape index (κ2) is 0.461. The average molecular weight is 151 g/mol. The van der Waals surface area contributed by atoms with Crippen LogP contribution in [0.2, 0.25) is 0 Å². The van der Waals surface area contributed by atoms with Gasteiger partial charge in [-0.3, -0.25) is 0 Å². The van der Waals surface area contributed by atoms with Gasteiger partial charge in [0.15, 0.2) is 0 Å². The first kappa shape index (κ1) is 3.48. The zero-order valence-corrected chi connectivity index (χ0v) is 5.98. The Kier molecular flexibility index (Phi) is 0.268. The van der Waals surface area contributed by atoms with Gasteiger partial charge in [-0.2, -0.15) is 0 Å². The molecule has 0 amide bonds. The van der Waals surface area contributed by atoms with Crippen LogP contribution in [0.25, 0.3) is 0 Å². The molecule has 3 aliphatic rings. The molecule has 0 atom stereocenters. The van der Waals surface area contributed by atoms with E-state index in [4.69, 9.17) is 6.72 Å². The van der Waals surface area contributed by atoms with E-state index in [0.717, 1.165) is 0 Å². The van der Waals surface area contributed by atoms with E-state index in [0.29, 0.717) is 2.74 Å². The second-order valence-corrected chi connectivity index (χ2v) is 17.5. The monoisotopic (exact) mass is 151 g/mol. The third kappa shape index (κ3) is 0.134. The Morgan fingerprint density at radius 1 is 1.33 bits per heavy atom. The first-order chi connectivity index (χ1) is 2.68. The van der Waals surface area contributed by atoms with Gasteiger partial charge in [-0.15, -0.1) is 0 Å². The molecule has 3 fully saturated rings. The van der Waals surface area contributed by atoms with E-state index in [1.807, 2.05) is 32.4 Å². The first-order valence-electron chi connectivity index (χ1n) is 1.55. The minimum absolute atomic E-state index is 0.636. The summed E-state index contributed by atoms with van der Waals surface area (Å²) in [6.45, 7) is 5.84. The summed E-state index contributed by atoms with van der Waals surface area (Å²) in [6, 6.07) is 0. The fourth-order valence-electron chi connectivity index (χ4n) is 0.548. The Balaban J connectivity index is 2.74. The molecule has 0 bridgehead atoms. The molecule has 0 spiro atoms. The molecule has 0 saturated carbocycles. The summed E-state index contributed by atoms with van der Waals surface area (Å²) in [6.07, 6.45) is 0. The summed E-state index contributed by atoms with van der Waals surface area (Å²) in [4.78, 5) is 0. The van der Waals surface area contributed by atoms with Gasteiger partial charge in [0.05, 0.1) is 0 Å². The van der Waals surface area contributed by atoms with E-state index in [-0.39, 0.29) is 0 Å². The van der Waals surface area contributed by atoms with Gasteiger partial charge in [-0.1, -0.05) is 0 Å². The van der Waals surface area contributed by atoms with Crippen molar-refractivity contribution in [3.8, 4) is 0 Å². The molecule has 0 aromatic rings. The molecular weight excluding hydrogens is 151 g/mol. The van der Waals surface area contributed by atoms with Crippen molar-refractivity contribution in [2.24, 2.45) is 0 Å². The molecule has 3 heterocycles. The van der Waals surface area contributed by atoms with Crippen LogP contribution in [0.3, 0.4) is 0 Å². The molecule has 31 valence electrons. The van der Waals surface area contributed by atoms with Gasteiger partial charge in [0.1, 0.15) is 0 Å². The van der Waals surface area contributed by atoms with E-state index < -0.39 is 5.68 Å². The summed E-state index contributed by atoms with van der Waals surface area (Å²) in [5.41, 5.74) is -1.04. The summed E-state index contributed by atoms with van der Waals surface area (Å²) in [5, 5.41) is 0. The molecule has 0 aromatic carbocycles. The Morgan fingerprint density at radius 3 is 1.50 bits per heavy atom. The van der Waals surface area contributed by atoms with Crippen LogP contribution < -0.4 is 0 Å². The van der Waals surface area contributed by atoms with Crippen LogP contribution in [0.5, 0.6) is 0 Å². The van der Waals surface area contributed by atoms with Crippen molar-refractivity contribution in [2.45, 2.75) is 2.74 Å². The Morgan fingerprint density at radius 2 is 1.50 bits per heavy atom. The summed E-state index contributed by atoms with van der Waals surface area (Å²) in [7, 11) is 6.04. The standard InChI is InChI=1S/CBS4/c2-6-1(3-6,4-6)5-6. The SMILES string of the molecule is [B]=S123SC1(S2)S3. The van der Waals surface area contributed by atoms with E-state index in [2.05, 4.69) is 0 Å². The molecular formula is CBS4. The molecule has 6 heavy (non-hydrogen) atoms. The van der Waals surface area contributed by atoms with Crippen molar-refractivity contribution in [3.05, 3.63) is 0 Å². The summed E-state index contributed by atoms with van der Waals surface area (Å²) < 4.78 is 0.636. The zero-order valence-electron chi connectivity index (χ0n) is 2.71. The van der Waals surface area contributed by atoms with Gasteiger partial charge in [-0.25, -0.2) is 0 Å². The second-order valence-electron chi connectivity index (χ2n) is 1.61. The van der Waals surface area contributed by atoms with Gasteiger partial charge < -0.3 is 0 Å². The third-order valence-corrected chi connectivity index (χ3v) is 21.4. The fourth-order valence-corrected chi connectivity index (χ4v) is 23.8. The molecule has 5 heteroatoms. The van der Waals surface area contributed by atoms with Crippen LogP contribution in [0.4, 0.5) is 0 Å². The molecule has 0 aromatic heterocycles.